The highest BCUT2D eigenvalue weighted by atomic mass is 16.5. The zero-order chi connectivity index (χ0) is 22.8. The molecule has 1 atom stereocenters. The van der Waals surface area contributed by atoms with Gasteiger partial charge < -0.3 is 18.8 Å². The number of methoxy groups -OCH3 is 1. The lowest BCUT2D eigenvalue weighted by atomic mass is 9.96. The van der Waals surface area contributed by atoms with E-state index >= 15 is 0 Å². The van der Waals surface area contributed by atoms with Crippen molar-refractivity contribution in [2.24, 2.45) is 0 Å². The number of hydrogen-bond acceptors (Lipinski definition) is 5. The molecule has 6 heteroatoms. The van der Waals surface area contributed by atoms with Crippen LogP contribution in [0.1, 0.15) is 45.3 Å². The largest absolute Gasteiger partial charge is 0.490 e. The van der Waals surface area contributed by atoms with E-state index < -0.39 is 6.04 Å². The number of aryl methyl sites for hydroxylation is 2. The van der Waals surface area contributed by atoms with Crippen LogP contribution in [0.4, 0.5) is 0 Å². The van der Waals surface area contributed by atoms with E-state index in [4.69, 9.17) is 13.9 Å². The lowest BCUT2D eigenvalue weighted by molar-refractivity contribution is 0.0707. The van der Waals surface area contributed by atoms with Gasteiger partial charge in [0.15, 0.2) is 5.43 Å². The Morgan fingerprint density at radius 2 is 2.00 bits per heavy atom. The summed E-state index contributed by atoms with van der Waals surface area (Å²) < 4.78 is 17.0. The number of rotatable bonds is 8. The molecule has 0 spiro atoms. The van der Waals surface area contributed by atoms with Gasteiger partial charge in [0.05, 0.1) is 17.0 Å². The first-order chi connectivity index (χ1) is 15.5. The van der Waals surface area contributed by atoms with Crippen LogP contribution in [0, 0.1) is 13.8 Å². The van der Waals surface area contributed by atoms with Gasteiger partial charge in [0, 0.05) is 20.3 Å². The van der Waals surface area contributed by atoms with E-state index in [0.29, 0.717) is 48.5 Å². The van der Waals surface area contributed by atoms with E-state index in [-0.39, 0.29) is 17.1 Å². The topological polar surface area (TPSA) is 69.0 Å². The van der Waals surface area contributed by atoms with Crippen LogP contribution in [-0.2, 0) is 4.74 Å². The Morgan fingerprint density at radius 3 is 2.75 bits per heavy atom. The summed E-state index contributed by atoms with van der Waals surface area (Å²) in [5.74, 6) is 0.487. The van der Waals surface area contributed by atoms with Gasteiger partial charge in [-0.05, 0) is 55.2 Å². The van der Waals surface area contributed by atoms with E-state index in [9.17, 15) is 9.59 Å². The third-order valence-electron chi connectivity index (χ3n) is 5.70. The fourth-order valence-corrected chi connectivity index (χ4v) is 4.40. The summed E-state index contributed by atoms with van der Waals surface area (Å²) >= 11 is 0. The lowest BCUT2D eigenvalue weighted by Crippen LogP contribution is -2.31. The number of carbonyl (C=O) groups excluding carboxylic acids is 1. The van der Waals surface area contributed by atoms with E-state index in [2.05, 4.69) is 6.58 Å². The monoisotopic (exact) mass is 433 g/mol. The molecule has 1 amide bonds. The Morgan fingerprint density at radius 1 is 1.19 bits per heavy atom. The summed E-state index contributed by atoms with van der Waals surface area (Å²) in [5.41, 5.74) is 3.27. The van der Waals surface area contributed by atoms with Crippen LogP contribution >= 0.6 is 0 Å². The molecule has 0 saturated heterocycles. The molecule has 6 nitrogen and oxygen atoms in total. The summed E-state index contributed by atoms with van der Waals surface area (Å²) in [4.78, 5) is 28.8. The highest BCUT2D eigenvalue weighted by Gasteiger charge is 2.42. The van der Waals surface area contributed by atoms with Crippen molar-refractivity contribution in [1.29, 1.82) is 0 Å². The molecule has 3 aromatic rings. The predicted molar refractivity (Wildman–Crippen MR) is 123 cm³/mol. The smallest absolute Gasteiger partial charge is 0.290 e. The summed E-state index contributed by atoms with van der Waals surface area (Å²) in [7, 11) is 1.63. The average molecular weight is 434 g/mol. The SMILES string of the molecule is C=CCOc1cccc(C2c3c(oc4cc(C)cc(C)c4c3=O)C(=O)N2CCCOC)c1. The van der Waals surface area contributed by atoms with Gasteiger partial charge in [-0.15, -0.1) is 0 Å². The second-order valence-electron chi connectivity index (χ2n) is 8.05. The molecule has 2 aromatic carbocycles. The maximum absolute atomic E-state index is 13.7. The number of carbonyl (C=O) groups is 1. The van der Waals surface area contributed by atoms with Gasteiger partial charge in [0.2, 0.25) is 5.76 Å². The van der Waals surface area contributed by atoms with Crippen molar-refractivity contribution in [2.75, 3.05) is 26.9 Å². The normalized spacial score (nSPS) is 15.3. The first-order valence-corrected chi connectivity index (χ1v) is 10.7. The molecule has 0 N–H and O–H groups in total. The average Bonchev–Trinajstić information content (AvgIpc) is 3.04. The minimum Gasteiger partial charge on any atom is -0.490 e. The van der Waals surface area contributed by atoms with Crippen LogP contribution in [0.25, 0.3) is 11.0 Å². The maximum Gasteiger partial charge on any atom is 0.290 e. The van der Waals surface area contributed by atoms with Gasteiger partial charge in [-0.3, -0.25) is 9.59 Å². The summed E-state index contributed by atoms with van der Waals surface area (Å²) in [6, 6.07) is 10.7. The summed E-state index contributed by atoms with van der Waals surface area (Å²) in [5, 5.41) is 0.518. The van der Waals surface area contributed by atoms with Crippen LogP contribution in [0.5, 0.6) is 5.75 Å². The molecule has 1 aliphatic rings. The Hall–Kier alpha value is -3.38. The Balaban J connectivity index is 1.91. The van der Waals surface area contributed by atoms with Gasteiger partial charge in [-0.2, -0.15) is 0 Å². The van der Waals surface area contributed by atoms with Crippen LogP contribution in [-0.4, -0.2) is 37.7 Å². The first kappa shape index (κ1) is 21.8. The third kappa shape index (κ3) is 3.82. The number of fused-ring (bicyclic) bond motifs is 2. The fourth-order valence-electron chi connectivity index (χ4n) is 4.40. The summed E-state index contributed by atoms with van der Waals surface area (Å²) in [6.45, 7) is 8.83. The highest BCUT2D eigenvalue weighted by Crippen LogP contribution is 2.39. The van der Waals surface area contributed by atoms with Crippen LogP contribution < -0.4 is 10.2 Å². The van der Waals surface area contributed by atoms with Crippen molar-refractivity contribution in [3.63, 3.8) is 0 Å². The summed E-state index contributed by atoms with van der Waals surface area (Å²) in [6.07, 6.45) is 2.31. The van der Waals surface area contributed by atoms with Crippen molar-refractivity contribution in [3.05, 3.63) is 87.3 Å². The lowest BCUT2D eigenvalue weighted by Gasteiger charge is -2.25. The molecule has 1 aliphatic heterocycles. The number of benzene rings is 2. The standard InChI is InChI=1S/C26H27NO5/c1-5-11-31-19-9-6-8-18(15-19)23-22-24(28)21-17(3)13-16(2)14-20(21)32-25(22)26(29)27(23)10-7-12-30-4/h5-6,8-9,13-15,23H,1,7,10-12H2,2-4H3. The molecule has 0 bridgehead atoms. The predicted octanol–water partition coefficient (Wildman–Crippen LogP) is 4.56. The van der Waals surface area contributed by atoms with Crippen molar-refractivity contribution >= 4 is 16.9 Å². The second kappa shape index (κ2) is 9.01. The molecule has 1 unspecified atom stereocenters. The number of hydrogen-bond donors (Lipinski definition) is 0. The first-order valence-electron chi connectivity index (χ1n) is 10.7. The van der Waals surface area contributed by atoms with E-state index in [0.717, 1.165) is 16.7 Å². The Bertz CT molecular complexity index is 1240. The molecule has 0 aliphatic carbocycles. The maximum atomic E-state index is 13.7. The van der Waals surface area contributed by atoms with Crippen molar-refractivity contribution in [1.82, 2.24) is 4.90 Å². The molecule has 0 saturated carbocycles. The molecular formula is C26H27NO5. The molecule has 0 radical (unpaired) electrons. The zero-order valence-corrected chi connectivity index (χ0v) is 18.6. The van der Waals surface area contributed by atoms with Crippen molar-refractivity contribution in [2.45, 2.75) is 26.3 Å². The minimum absolute atomic E-state index is 0.118. The minimum atomic E-state index is -0.553. The molecule has 166 valence electrons. The Kier molecular flexibility index (Phi) is 6.15. The number of ether oxygens (including phenoxy) is 2. The van der Waals surface area contributed by atoms with E-state index in [1.807, 2.05) is 50.2 Å². The van der Waals surface area contributed by atoms with Crippen LogP contribution in [0.2, 0.25) is 0 Å². The molecule has 32 heavy (non-hydrogen) atoms. The molecule has 0 fully saturated rings. The molecular weight excluding hydrogens is 406 g/mol. The third-order valence-corrected chi connectivity index (χ3v) is 5.70. The van der Waals surface area contributed by atoms with Crippen molar-refractivity contribution in [3.8, 4) is 5.75 Å². The van der Waals surface area contributed by atoms with E-state index in [1.54, 1.807) is 18.1 Å². The second-order valence-corrected chi connectivity index (χ2v) is 8.05. The molecule has 1 aromatic heterocycles. The van der Waals surface area contributed by atoms with Gasteiger partial charge in [0.1, 0.15) is 17.9 Å². The quantitative estimate of drug-likeness (QED) is 0.385. The molecule has 2 heterocycles. The number of nitrogens with zero attached hydrogens (tertiary/aromatic N) is 1. The fraction of sp³-hybridized carbons (Fsp3) is 0.308. The molecule has 4 rings (SSSR count). The van der Waals surface area contributed by atoms with E-state index in [1.165, 1.54) is 0 Å². The van der Waals surface area contributed by atoms with Gasteiger partial charge in [-0.25, -0.2) is 0 Å². The van der Waals surface area contributed by atoms with Crippen LogP contribution in [0.15, 0.2) is 58.3 Å². The van der Waals surface area contributed by atoms with Gasteiger partial charge >= 0.3 is 0 Å². The Labute approximate surface area is 187 Å². The highest BCUT2D eigenvalue weighted by molar-refractivity contribution is 5.99. The zero-order valence-electron chi connectivity index (χ0n) is 18.6. The van der Waals surface area contributed by atoms with Gasteiger partial charge in [-0.1, -0.05) is 30.9 Å². The number of amides is 1. The van der Waals surface area contributed by atoms with Crippen molar-refractivity contribution < 1.29 is 18.7 Å². The van der Waals surface area contributed by atoms with Gasteiger partial charge in [0.25, 0.3) is 5.91 Å². The van der Waals surface area contributed by atoms with Crippen LogP contribution in [0.3, 0.4) is 0 Å².